The van der Waals surface area contributed by atoms with Crippen LogP contribution in [0, 0.1) is 5.82 Å². The molecule has 3 nitrogen and oxygen atoms in total. The second kappa shape index (κ2) is 6.59. The van der Waals surface area contributed by atoms with Crippen molar-refractivity contribution in [2.24, 2.45) is 0 Å². The lowest BCUT2D eigenvalue weighted by Gasteiger charge is -2.13. The third-order valence-corrected chi connectivity index (χ3v) is 3.52. The quantitative estimate of drug-likeness (QED) is 0.832. The Morgan fingerprint density at radius 2 is 1.95 bits per heavy atom. The summed E-state index contributed by atoms with van der Waals surface area (Å²) in [6, 6.07) is 11.3. The maximum atomic E-state index is 12.9. The molecule has 3 N–H and O–H groups in total. The zero-order valence-electron chi connectivity index (χ0n) is 11.6. The molecule has 2 aromatic carbocycles. The van der Waals surface area contributed by atoms with Crippen molar-refractivity contribution in [1.29, 1.82) is 0 Å². The number of carbonyl (C=O) groups is 1. The van der Waals surface area contributed by atoms with E-state index in [-0.39, 0.29) is 16.8 Å². The van der Waals surface area contributed by atoms with Crippen molar-refractivity contribution in [3.63, 3.8) is 0 Å². The highest BCUT2D eigenvalue weighted by Gasteiger charge is 2.13. The number of nitrogen functional groups attached to an aromatic ring is 1. The smallest absolute Gasteiger partial charge is 0.225 e. The van der Waals surface area contributed by atoms with Crippen molar-refractivity contribution in [2.45, 2.75) is 19.3 Å². The van der Waals surface area contributed by atoms with E-state index in [1.165, 1.54) is 18.2 Å². The summed E-state index contributed by atoms with van der Waals surface area (Å²) in [7, 11) is 0. The van der Waals surface area contributed by atoms with Crippen LogP contribution in [0.4, 0.5) is 15.8 Å². The van der Waals surface area contributed by atoms with E-state index >= 15 is 0 Å². The van der Waals surface area contributed by atoms with Crippen LogP contribution in [0.1, 0.15) is 24.8 Å². The van der Waals surface area contributed by atoms with Crippen LogP contribution in [0.5, 0.6) is 0 Å². The SMILES string of the molecule is CC(CC(=O)Nc1ccc(F)cc1Cl)c1ccc(N)cc1. The van der Waals surface area contributed by atoms with Gasteiger partial charge in [-0.1, -0.05) is 30.7 Å². The van der Waals surface area contributed by atoms with Gasteiger partial charge in [-0.05, 0) is 41.8 Å². The normalized spacial score (nSPS) is 12.0. The van der Waals surface area contributed by atoms with Crippen molar-refractivity contribution in [3.8, 4) is 0 Å². The van der Waals surface area contributed by atoms with E-state index in [9.17, 15) is 9.18 Å². The molecule has 5 heteroatoms. The Bertz CT molecular complexity index is 643. The van der Waals surface area contributed by atoms with Crippen LogP contribution in [-0.4, -0.2) is 5.91 Å². The third-order valence-electron chi connectivity index (χ3n) is 3.20. The number of halogens is 2. The molecule has 2 rings (SSSR count). The van der Waals surface area contributed by atoms with Crippen LogP contribution < -0.4 is 11.1 Å². The molecule has 0 aliphatic carbocycles. The molecule has 1 atom stereocenters. The fourth-order valence-corrected chi connectivity index (χ4v) is 2.23. The van der Waals surface area contributed by atoms with Crippen molar-refractivity contribution in [3.05, 3.63) is 58.9 Å². The van der Waals surface area contributed by atoms with E-state index in [1.807, 2.05) is 19.1 Å². The molecule has 0 heterocycles. The van der Waals surface area contributed by atoms with E-state index in [4.69, 9.17) is 17.3 Å². The predicted octanol–water partition coefficient (Wildman–Crippen LogP) is 4.19. The van der Waals surface area contributed by atoms with Gasteiger partial charge in [-0.25, -0.2) is 4.39 Å². The van der Waals surface area contributed by atoms with Crippen LogP contribution in [0.2, 0.25) is 5.02 Å². The summed E-state index contributed by atoms with van der Waals surface area (Å²) < 4.78 is 12.9. The number of nitrogens with two attached hydrogens (primary N) is 1. The third kappa shape index (κ3) is 4.20. The van der Waals surface area contributed by atoms with Crippen molar-refractivity contribution < 1.29 is 9.18 Å². The minimum absolute atomic E-state index is 0.0461. The summed E-state index contributed by atoms with van der Waals surface area (Å²) in [6.45, 7) is 1.96. The van der Waals surface area contributed by atoms with Crippen LogP contribution >= 0.6 is 11.6 Å². The number of carbonyl (C=O) groups excluding carboxylic acids is 1. The molecule has 0 spiro atoms. The van der Waals surface area contributed by atoms with Gasteiger partial charge in [0.25, 0.3) is 0 Å². The Morgan fingerprint density at radius 3 is 2.57 bits per heavy atom. The summed E-state index contributed by atoms with van der Waals surface area (Å²) in [5.74, 6) is -0.564. The molecule has 1 unspecified atom stereocenters. The van der Waals surface area contributed by atoms with E-state index in [0.29, 0.717) is 17.8 Å². The van der Waals surface area contributed by atoms with Crippen molar-refractivity contribution in [2.75, 3.05) is 11.1 Å². The molecule has 2 aromatic rings. The first-order chi connectivity index (χ1) is 9.95. The summed E-state index contributed by atoms with van der Waals surface area (Å²) in [5, 5.41) is 2.87. The van der Waals surface area contributed by atoms with Gasteiger partial charge in [0, 0.05) is 12.1 Å². The highest BCUT2D eigenvalue weighted by molar-refractivity contribution is 6.33. The lowest BCUT2D eigenvalue weighted by Crippen LogP contribution is -2.14. The minimum atomic E-state index is -0.437. The highest BCUT2D eigenvalue weighted by atomic mass is 35.5. The van der Waals surface area contributed by atoms with Gasteiger partial charge in [0.15, 0.2) is 0 Å². The Balaban J connectivity index is 1.99. The minimum Gasteiger partial charge on any atom is -0.399 e. The van der Waals surface area contributed by atoms with Gasteiger partial charge < -0.3 is 11.1 Å². The standard InChI is InChI=1S/C16H16ClFN2O/c1-10(11-2-5-13(19)6-3-11)8-16(21)20-15-7-4-12(18)9-14(15)17/h2-7,9-10H,8,19H2,1H3,(H,20,21). The fourth-order valence-electron chi connectivity index (χ4n) is 2.01. The lowest BCUT2D eigenvalue weighted by atomic mass is 9.97. The Hall–Kier alpha value is -2.07. The molecule has 0 aliphatic heterocycles. The zero-order chi connectivity index (χ0) is 15.4. The summed E-state index contributed by atoms with van der Waals surface area (Å²) in [6.07, 6.45) is 0.303. The van der Waals surface area contributed by atoms with Gasteiger partial charge in [0.2, 0.25) is 5.91 Å². The number of anilines is 2. The number of benzene rings is 2. The maximum absolute atomic E-state index is 12.9. The summed E-state index contributed by atoms with van der Waals surface area (Å²) in [5.41, 5.74) is 7.76. The molecule has 0 radical (unpaired) electrons. The topological polar surface area (TPSA) is 55.1 Å². The molecule has 0 saturated heterocycles. The molecule has 110 valence electrons. The van der Waals surface area contributed by atoms with E-state index in [0.717, 1.165) is 5.56 Å². The van der Waals surface area contributed by atoms with E-state index < -0.39 is 5.82 Å². The Morgan fingerprint density at radius 1 is 1.29 bits per heavy atom. The first-order valence-electron chi connectivity index (χ1n) is 6.56. The molecular formula is C16H16ClFN2O. The second-order valence-electron chi connectivity index (χ2n) is 4.94. The van der Waals surface area contributed by atoms with Gasteiger partial charge in [-0.15, -0.1) is 0 Å². The van der Waals surface area contributed by atoms with Crippen LogP contribution in [0.25, 0.3) is 0 Å². The Labute approximate surface area is 127 Å². The van der Waals surface area contributed by atoms with Crippen molar-refractivity contribution >= 4 is 28.9 Å². The van der Waals surface area contributed by atoms with E-state index in [1.54, 1.807) is 12.1 Å². The molecule has 0 saturated carbocycles. The molecule has 21 heavy (non-hydrogen) atoms. The van der Waals surface area contributed by atoms with Gasteiger partial charge in [-0.2, -0.15) is 0 Å². The number of hydrogen-bond donors (Lipinski definition) is 2. The van der Waals surface area contributed by atoms with Gasteiger partial charge >= 0.3 is 0 Å². The van der Waals surface area contributed by atoms with Crippen LogP contribution in [-0.2, 0) is 4.79 Å². The van der Waals surface area contributed by atoms with Crippen LogP contribution in [0.15, 0.2) is 42.5 Å². The van der Waals surface area contributed by atoms with Gasteiger partial charge in [-0.3, -0.25) is 4.79 Å². The monoisotopic (exact) mass is 306 g/mol. The summed E-state index contributed by atoms with van der Waals surface area (Å²) in [4.78, 5) is 12.0. The molecule has 1 amide bonds. The first-order valence-corrected chi connectivity index (χ1v) is 6.94. The highest BCUT2D eigenvalue weighted by Crippen LogP contribution is 2.24. The zero-order valence-corrected chi connectivity index (χ0v) is 12.3. The lowest BCUT2D eigenvalue weighted by molar-refractivity contribution is -0.116. The number of nitrogens with one attached hydrogen (secondary N) is 1. The average Bonchev–Trinajstić information content (AvgIpc) is 2.42. The number of amides is 1. The maximum Gasteiger partial charge on any atom is 0.225 e. The molecule has 0 aromatic heterocycles. The predicted molar refractivity (Wildman–Crippen MR) is 83.9 cm³/mol. The molecule has 0 bridgehead atoms. The van der Waals surface area contributed by atoms with Gasteiger partial charge in [0.05, 0.1) is 10.7 Å². The first kappa shape index (κ1) is 15.3. The second-order valence-corrected chi connectivity index (χ2v) is 5.35. The average molecular weight is 307 g/mol. The van der Waals surface area contributed by atoms with Crippen LogP contribution in [0.3, 0.4) is 0 Å². The van der Waals surface area contributed by atoms with Gasteiger partial charge in [0.1, 0.15) is 5.82 Å². The molecule has 0 fully saturated rings. The molecular weight excluding hydrogens is 291 g/mol. The number of hydrogen-bond acceptors (Lipinski definition) is 2. The number of rotatable bonds is 4. The fraction of sp³-hybridized carbons (Fsp3) is 0.188. The molecule has 0 aliphatic rings. The van der Waals surface area contributed by atoms with Crippen molar-refractivity contribution in [1.82, 2.24) is 0 Å². The van der Waals surface area contributed by atoms with E-state index in [2.05, 4.69) is 5.32 Å². The largest absolute Gasteiger partial charge is 0.399 e. The Kier molecular flexibility index (Phi) is 4.81. The summed E-state index contributed by atoms with van der Waals surface area (Å²) >= 11 is 5.88.